The van der Waals surface area contributed by atoms with Crippen molar-refractivity contribution in [2.45, 2.75) is 95.4 Å². The lowest BCUT2D eigenvalue weighted by Crippen LogP contribution is -2.61. The Kier molecular flexibility index (Phi) is 12.0. The van der Waals surface area contributed by atoms with E-state index < -0.39 is 36.7 Å². The van der Waals surface area contributed by atoms with Crippen LogP contribution in [0.1, 0.15) is 62.5 Å². The van der Waals surface area contributed by atoms with Crippen molar-refractivity contribution >= 4 is 5.97 Å². The summed E-state index contributed by atoms with van der Waals surface area (Å²) in [6.07, 6.45) is -0.596. The van der Waals surface area contributed by atoms with Crippen molar-refractivity contribution in [2.75, 3.05) is 20.8 Å². The van der Waals surface area contributed by atoms with Crippen LogP contribution in [0.25, 0.3) is 0 Å². The number of ether oxygens (including phenoxy) is 4. The molecule has 0 bridgehead atoms. The lowest BCUT2D eigenvalue weighted by Gasteiger charge is -2.39. The largest absolute Gasteiger partial charge is 0.504 e. The van der Waals surface area contributed by atoms with Crippen LogP contribution < -0.4 is 14.2 Å². The topological polar surface area (TPSA) is 175 Å². The first kappa shape index (κ1) is 29.9. The number of hydrogen-bond acceptors (Lipinski definition) is 10. The molecule has 1 aliphatic heterocycles. The maximum Gasteiger partial charge on any atom is 0.335 e. The van der Waals surface area contributed by atoms with E-state index in [1.807, 2.05) is 0 Å². The summed E-state index contributed by atoms with van der Waals surface area (Å²) in [6.45, 7) is 1.90. The smallest absolute Gasteiger partial charge is 0.335 e. The molecule has 3 unspecified atom stereocenters. The van der Waals surface area contributed by atoms with Crippen LogP contribution in [0.3, 0.4) is 0 Å². The third-order valence-electron chi connectivity index (χ3n) is 6.50. The Balaban J connectivity index is 2.23. The number of carbonyl (C=O) groups is 1. The molecule has 0 aliphatic carbocycles. The number of hydrogen-bond donors (Lipinski definition) is 6. The van der Waals surface area contributed by atoms with Crippen LogP contribution in [-0.2, 0) is 16.0 Å². The van der Waals surface area contributed by atoms with Crippen molar-refractivity contribution in [3.05, 3.63) is 11.1 Å². The molecular weight excluding hydrogens is 476 g/mol. The Morgan fingerprint density at radius 3 is 1.92 bits per heavy atom. The van der Waals surface area contributed by atoms with Gasteiger partial charge in [0.2, 0.25) is 17.8 Å². The zero-order chi connectivity index (χ0) is 26.8. The van der Waals surface area contributed by atoms with Crippen molar-refractivity contribution in [1.29, 1.82) is 0 Å². The normalized spacial score (nSPS) is 23.9. The summed E-state index contributed by atoms with van der Waals surface area (Å²) in [6, 6.07) is 0. The fourth-order valence-electron chi connectivity index (χ4n) is 4.37. The number of aliphatic hydroxyl groups excluding tert-OH is 4. The van der Waals surface area contributed by atoms with Gasteiger partial charge in [0.1, 0.15) is 18.3 Å². The van der Waals surface area contributed by atoms with Gasteiger partial charge in [-0.25, -0.2) is 4.79 Å². The molecular formula is C25H40O11. The zero-order valence-electron chi connectivity index (χ0n) is 21.2. The summed E-state index contributed by atoms with van der Waals surface area (Å²) >= 11 is 0. The Morgan fingerprint density at radius 2 is 1.39 bits per heavy atom. The van der Waals surface area contributed by atoms with E-state index in [2.05, 4.69) is 0 Å². The minimum absolute atomic E-state index is 0.00250. The number of aliphatic hydroxyl groups is 4. The first-order valence-electron chi connectivity index (χ1n) is 12.4. The summed E-state index contributed by atoms with van der Waals surface area (Å²) in [7, 11) is 2.68. The molecule has 1 fully saturated rings. The Hall–Kier alpha value is -2.31. The highest BCUT2D eigenvalue weighted by molar-refractivity contribution is 5.73. The maximum atomic E-state index is 11.5. The van der Waals surface area contributed by atoms with Gasteiger partial charge in [-0.1, -0.05) is 38.5 Å². The third-order valence-corrected chi connectivity index (χ3v) is 6.50. The predicted octanol–water partition coefficient (Wildman–Crippen LogP) is 1.64. The molecule has 1 saturated heterocycles. The number of phenolic OH excluding ortho intramolecular Hbond substituents is 1. The van der Waals surface area contributed by atoms with Crippen molar-refractivity contribution in [2.24, 2.45) is 0 Å². The monoisotopic (exact) mass is 516 g/mol. The van der Waals surface area contributed by atoms with Gasteiger partial charge in [-0.15, -0.1) is 0 Å². The predicted molar refractivity (Wildman–Crippen MR) is 129 cm³/mol. The van der Waals surface area contributed by atoms with E-state index in [9.17, 15) is 30.3 Å². The van der Waals surface area contributed by atoms with E-state index in [0.717, 1.165) is 51.4 Å². The summed E-state index contributed by atoms with van der Waals surface area (Å²) in [4.78, 5) is 11.5. The molecule has 0 spiro atoms. The molecule has 36 heavy (non-hydrogen) atoms. The fourth-order valence-corrected chi connectivity index (χ4v) is 4.37. The molecule has 0 amide bonds. The highest BCUT2D eigenvalue weighted by Gasteiger charge is 2.48. The fraction of sp³-hybridized carbons (Fsp3) is 0.720. The molecule has 2 rings (SSSR count). The third kappa shape index (κ3) is 7.13. The van der Waals surface area contributed by atoms with Gasteiger partial charge < -0.3 is 49.6 Å². The summed E-state index contributed by atoms with van der Waals surface area (Å²) < 4.78 is 21.9. The average molecular weight is 517 g/mol. The maximum absolute atomic E-state index is 11.5. The number of carboxylic acid groups (broad SMARTS) is 1. The SMILES string of the molecule is COc1c(O)c(C)c(CCCCCCCCCCO)c(O[C@H]2OC(C(=O)O)[C@H](O)C(O)C2O)c1OC. The Morgan fingerprint density at radius 1 is 0.833 bits per heavy atom. The minimum Gasteiger partial charge on any atom is -0.504 e. The standard InChI is InChI=1S/C25H40O11/c1-14-15(12-10-8-6-4-5-7-9-11-13-26)20(23(34-3)21(33-2)16(14)27)35-25-19(30)17(28)18(29)22(36-25)24(31)32/h17-19,22,25-30H,4-13H2,1-3H3,(H,31,32)/t17?,18-,19?,22?,25+/m1/s1. The molecule has 0 saturated carbocycles. The second kappa shape index (κ2) is 14.4. The van der Waals surface area contributed by atoms with E-state index in [0.29, 0.717) is 17.5 Å². The lowest BCUT2D eigenvalue weighted by atomic mass is 9.97. The Labute approximate surface area is 211 Å². The van der Waals surface area contributed by atoms with Gasteiger partial charge in [0.05, 0.1) is 14.2 Å². The second-order valence-electron chi connectivity index (χ2n) is 9.00. The van der Waals surface area contributed by atoms with Crippen molar-refractivity contribution < 1.29 is 54.4 Å². The van der Waals surface area contributed by atoms with Gasteiger partial charge in [0.25, 0.3) is 0 Å². The molecule has 1 aromatic carbocycles. The number of phenols is 1. The van der Waals surface area contributed by atoms with Crippen LogP contribution >= 0.6 is 0 Å². The highest BCUT2D eigenvalue weighted by Crippen LogP contribution is 2.50. The second-order valence-corrected chi connectivity index (χ2v) is 9.00. The molecule has 206 valence electrons. The summed E-state index contributed by atoms with van der Waals surface area (Å²) in [5.74, 6) is -1.54. The average Bonchev–Trinajstić information content (AvgIpc) is 2.86. The number of benzene rings is 1. The van der Waals surface area contributed by atoms with Gasteiger partial charge in [0.15, 0.2) is 17.6 Å². The van der Waals surface area contributed by atoms with Crippen molar-refractivity contribution in [3.63, 3.8) is 0 Å². The number of unbranched alkanes of at least 4 members (excludes halogenated alkanes) is 7. The molecule has 6 N–H and O–H groups in total. The summed E-state index contributed by atoms with van der Waals surface area (Å²) in [5, 5.41) is 59.5. The van der Waals surface area contributed by atoms with Crippen LogP contribution in [0.2, 0.25) is 0 Å². The number of methoxy groups -OCH3 is 2. The number of rotatable bonds is 15. The molecule has 1 aliphatic rings. The van der Waals surface area contributed by atoms with Gasteiger partial charge in [0, 0.05) is 17.7 Å². The molecule has 5 atom stereocenters. The molecule has 0 radical (unpaired) electrons. The van der Waals surface area contributed by atoms with Crippen LogP contribution in [0.4, 0.5) is 0 Å². The van der Waals surface area contributed by atoms with E-state index in [-0.39, 0.29) is 29.6 Å². The van der Waals surface area contributed by atoms with E-state index in [1.165, 1.54) is 14.2 Å². The first-order valence-corrected chi connectivity index (χ1v) is 12.4. The molecule has 11 heteroatoms. The Bertz CT molecular complexity index is 844. The quantitative estimate of drug-likeness (QED) is 0.187. The van der Waals surface area contributed by atoms with Gasteiger partial charge in [-0.2, -0.15) is 0 Å². The van der Waals surface area contributed by atoms with Crippen LogP contribution in [0.15, 0.2) is 0 Å². The van der Waals surface area contributed by atoms with Crippen molar-refractivity contribution in [3.8, 4) is 23.0 Å². The highest BCUT2D eigenvalue weighted by atomic mass is 16.7. The molecule has 0 aromatic heterocycles. The minimum atomic E-state index is -1.85. The zero-order valence-corrected chi connectivity index (χ0v) is 21.2. The summed E-state index contributed by atoms with van der Waals surface area (Å²) in [5.41, 5.74) is 1.03. The van der Waals surface area contributed by atoms with E-state index in [4.69, 9.17) is 24.1 Å². The van der Waals surface area contributed by atoms with Crippen LogP contribution in [0, 0.1) is 6.92 Å². The molecule has 11 nitrogen and oxygen atoms in total. The van der Waals surface area contributed by atoms with Gasteiger partial charge >= 0.3 is 5.97 Å². The first-order chi connectivity index (χ1) is 17.2. The van der Waals surface area contributed by atoms with E-state index >= 15 is 0 Å². The van der Waals surface area contributed by atoms with Gasteiger partial charge in [-0.05, 0) is 26.2 Å². The van der Waals surface area contributed by atoms with Crippen LogP contribution in [-0.4, -0.2) is 88.1 Å². The number of aliphatic carboxylic acids is 1. The number of aromatic hydroxyl groups is 1. The number of carboxylic acids is 1. The molecule has 1 heterocycles. The van der Waals surface area contributed by atoms with Crippen LogP contribution in [0.5, 0.6) is 23.0 Å². The van der Waals surface area contributed by atoms with Crippen molar-refractivity contribution in [1.82, 2.24) is 0 Å². The van der Waals surface area contributed by atoms with E-state index in [1.54, 1.807) is 6.92 Å². The molecule has 1 aromatic rings. The van der Waals surface area contributed by atoms with Gasteiger partial charge in [-0.3, -0.25) is 0 Å². The lowest BCUT2D eigenvalue weighted by molar-refractivity contribution is -0.271.